The van der Waals surface area contributed by atoms with Crippen molar-refractivity contribution in [2.75, 3.05) is 50.2 Å². The number of carbonyl (C=O) groups is 2. The zero-order valence-electron chi connectivity index (χ0n) is 21.7. The highest BCUT2D eigenvalue weighted by Gasteiger charge is 2.33. The zero-order valence-corrected chi connectivity index (χ0v) is 21.7. The van der Waals surface area contributed by atoms with Gasteiger partial charge in [-0.05, 0) is 47.9 Å². The molecule has 0 radical (unpaired) electrons. The Kier molecular flexibility index (Phi) is 7.10. The molecule has 0 saturated heterocycles. The van der Waals surface area contributed by atoms with Crippen molar-refractivity contribution in [3.8, 4) is 0 Å². The van der Waals surface area contributed by atoms with Gasteiger partial charge in [-0.1, -0.05) is 24.3 Å². The summed E-state index contributed by atoms with van der Waals surface area (Å²) < 4.78 is 1.94. The summed E-state index contributed by atoms with van der Waals surface area (Å²) in [6.07, 6.45) is 4.79. The van der Waals surface area contributed by atoms with E-state index in [9.17, 15) is 9.59 Å². The van der Waals surface area contributed by atoms with Gasteiger partial charge in [0.1, 0.15) is 23.2 Å². The van der Waals surface area contributed by atoms with Crippen LogP contribution < -0.4 is 20.9 Å². The maximum absolute atomic E-state index is 13.3. The molecule has 9 heteroatoms. The van der Waals surface area contributed by atoms with Gasteiger partial charge in [0.05, 0.1) is 25.2 Å². The number of rotatable bonds is 8. The van der Waals surface area contributed by atoms with Crippen molar-refractivity contribution in [2.45, 2.75) is 6.42 Å². The molecule has 0 aromatic heterocycles. The number of benzene rings is 3. The van der Waals surface area contributed by atoms with E-state index >= 15 is 0 Å². The Bertz CT molecular complexity index is 1490. The minimum atomic E-state index is -0.133. The van der Waals surface area contributed by atoms with E-state index in [-0.39, 0.29) is 11.6 Å². The number of quaternary nitrogens is 1. The summed E-state index contributed by atoms with van der Waals surface area (Å²) in [5, 5.41) is 18.5. The molecule has 9 nitrogen and oxygen atoms in total. The third kappa shape index (κ3) is 4.83. The molecule has 1 atom stereocenters. The number of hydrogen-bond acceptors (Lipinski definition) is 7. The second-order valence-corrected chi connectivity index (χ2v) is 9.25. The van der Waals surface area contributed by atoms with Gasteiger partial charge in [-0.25, -0.2) is 0 Å². The monoisotopic (exact) mass is 509 g/mol. The van der Waals surface area contributed by atoms with Crippen LogP contribution in [0.4, 0.5) is 22.7 Å². The number of nitrogens with one attached hydrogen (secondary N) is 4. The fourth-order valence-corrected chi connectivity index (χ4v) is 4.67. The van der Waals surface area contributed by atoms with Crippen LogP contribution in [0.15, 0.2) is 83.3 Å². The topological polar surface area (TPSA) is 102 Å². The molecule has 5 rings (SSSR count). The molecule has 0 saturated carbocycles. The Morgan fingerprint density at radius 3 is 2.08 bits per heavy atom. The second-order valence-electron chi connectivity index (χ2n) is 9.25. The molecule has 0 spiro atoms. The molecule has 1 unspecified atom stereocenters. The Labute approximate surface area is 221 Å². The van der Waals surface area contributed by atoms with Gasteiger partial charge in [0, 0.05) is 48.3 Å². The fraction of sp³-hybridized carbons (Fsp3) is 0.207. The normalized spacial score (nSPS) is 16.1. The lowest BCUT2D eigenvalue weighted by Crippen LogP contribution is -3.06. The largest absolute Gasteiger partial charge is 0.524 e. The number of ketones is 2. The summed E-state index contributed by atoms with van der Waals surface area (Å²) in [7, 11) is 5.72. The molecule has 192 valence electrons. The SMILES string of the molecule is CNc1ccc(NCCCNc2ccc(N=NC3=[N+](C)C=C[NH+]3C)cc2)c2c1C(=O)c1ccccc1C2=O. The standard InChI is InChI=1S/C29H29N7O2/c1-30-23-13-14-24(26-25(23)27(37)21-7-4-5-8-22(21)28(26)38)32-16-6-15-31-19-9-11-20(12-10-19)33-34-29-35(2)17-18-36(29)3/h4-5,7-14,17-18H,6,15-16H2,1-3H3,(H2,30,31,32,33,37,38)/p+2. The molecule has 4 N–H and O–H groups in total. The maximum Gasteiger partial charge on any atom is 0.524 e. The number of azo groups is 1. The van der Waals surface area contributed by atoms with Crippen LogP contribution >= 0.6 is 0 Å². The lowest BCUT2D eigenvalue weighted by molar-refractivity contribution is -0.735. The molecule has 1 aliphatic carbocycles. The summed E-state index contributed by atoms with van der Waals surface area (Å²) in [5.74, 6) is 0.580. The minimum absolute atomic E-state index is 0.132. The van der Waals surface area contributed by atoms with Crippen LogP contribution in [0, 0.1) is 0 Å². The highest BCUT2D eigenvalue weighted by Crippen LogP contribution is 2.36. The Hall–Kier alpha value is -4.63. The quantitative estimate of drug-likeness (QED) is 0.165. The van der Waals surface area contributed by atoms with Crippen LogP contribution in [0.1, 0.15) is 38.3 Å². The summed E-state index contributed by atoms with van der Waals surface area (Å²) in [6, 6.07) is 18.5. The first kappa shape index (κ1) is 25.0. The molecule has 38 heavy (non-hydrogen) atoms. The van der Waals surface area contributed by atoms with Crippen LogP contribution in [0.2, 0.25) is 0 Å². The number of anilines is 3. The van der Waals surface area contributed by atoms with Gasteiger partial charge in [-0.2, -0.15) is 9.48 Å². The van der Waals surface area contributed by atoms with Gasteiger partial charge in [0.25, 0.3) is 0 Å². The summed E-state index contributed by atoms with van der Waals surface area (Å²) in [5.41, 5.74) is 4.87. The van der Waals surface area contributed by atoms with E-state index in [0.717, 1.165) is 35.2 Å². The average molecular weight is 510 g/mol. The van der Waals surface area contributed by atoms with Crippen molar-refractivity contribution in [1.82, 2.24) is 0 Å². The predicted octanol–water partition coefficient (Wildman–Crippen LogP) is 3.50. The molecule has 2 aliphatic rings. The van der Waals surface area contributed by atoms with E-state index in [1.54, 1.807) is 31.3 Å². The number of fused-ring (bicyclic) bond motifs is 2. The smallest absolute Gasteiger partial charge is 0.388 e. The van der Waals surface area contributed by atoms with Gasteiger partial charge in [-0.3, -0.25) is 9.59 Å². The summed E-state index contributed by atoms with van der Waals surface area (Å²) in [6.45, 7) is 1.38. The molecule has 0 bridgehead atoms. The first-order chi connectivity index (χ1) is 18.5. The van der Waals surface area contributed by atoms with E-state index in [2.05, 4.69) is 26.2 Å². The van der Waals surface area contributed by atoms with Crippen molar-refractivity contribution in [3.63, 3.8) is 0 Å². The van der Waals surface area contributed by atoms with Crippen molar-refractivity contribution in [1.29, 1.82) is 0 Å². The van der Waals surface area contributed by atoms with E-state index in [1.165, 1.54) is 0 Å². The van der Waals surface area contributed by atoms with Gasteiger partial charge in [0.15, 0.2) is 11.6 Å². The molecule has 1 heterocycles. The van der Waals surface area contributed by atoms with Crippen LogP contribution in [0.25, 0.3) is 0 Å². The van der Waals surface area contributed by atoms with Crippen LogP contribution in [0.3, 0.4) is 0 Å². The van der Waals surface area contributed by atoms with Crippen LogP contribution in [-0.2, 0) is 0 Å². The second kappa shape index (κ2) is 10.8. The Balaban J connectivity index is 1.18. The highest BCUT2D eigenvalue weighted by atomic mass is 16.1. The van der Waals surface area contributed by atoms with E-state index < -0.39 is 0 Å². The van der Waals surface area contributed by atoms with Crippen molar-refractivity contribution < 1.29 is 19.1 Å². The van der Waals surface area contributed by atoms with Gasteiger partial charge in [-0.15, -0.1) is 0 Å². The molecule has 1 aliphatic heterocycles. The van der Waals surface area contributed by atoms with E-state index in [0.29, 0.717) is 40.2 Å². The number of nitrogens with zero attached hydrogens (tertiary/aromatic N) is 3. The molecular weight excluding hydrogens is 478 g/mol. The highest BCUT2D eigenvalue weighted by molar-refractivity contribution is 6.31. The third-order valence-electron chi connectivity index (χ3n) is 6.71. The van der Waals surface area contributed by atoms with E-state index in [1.807, 2.05) is 67.5 Å². The molecule has 0 amide bonds. The lowest BCUT2D eigenvalue weighted by atomic mass is 9.82. The zero-order chi connectivity index (χ0) is 26.6. The first-order valence-electron chi connectivity index (χ1n) is 12.6. The minimum Gasteiger partial charge on any atom is -0.388 e. The molecule has 3 aromatic carbocycles. The summed E-state index contributed by atoms with van der Waals surface area (Å²) >= 11 is 0. The van der Waals surface area contributed by atoms with Gasteiger partial charge < -0.3 is 16.0 Å². The molecular formula is C29H31N7O2+2. The van der Waals surface area contributed by atoms with Crippen molar-refractivity contribution >= 4 is 40.3 Å². The maximum atomic E-state index is 13.3. The van der Waals surface area contributed by atoms with Crippen molar-refractivity contribution in [2.24, 2.45) is 10.2 Å². The Morgan fingerprint density at radius 1 is 0.816 bits per heavy atom. The van der Waals surface area contributed by atoms with Crippen LogP contribution in [-0.4, -0.2) is 56.3 Å². The predicted molar refractivity (Wildman–Crippen MR) is 149 cm³/mol. The molecule has 0 fully saturated rings. The molecule has 3 aromatic rings. The fourth-order valence-electron chi connectivity index (χ4n) is 4.67. The third-order valence-corrected chi connectivity index (χ3v) is 6.71. The number of carbonyl (C=O) groups excluding carboxylic acids is 2. The number of hydrogen-bond donors (Lipinski definition) is 4. The Morgan fingerprint density at radius 2 is 1.45 bits per heavy atom. The van der Waals surface area contributed by atoms with E-state index in [4.69, 9.17) is 0 Å². The van der Waals surface area contributed by atoms with Gasteiger partial charge >= 0.3 is 5.96 Å². The summed E-state index contributed by atoms with van der Waals surface area (Å²) in [4.78, 5) is 27.7. The lowest BCUT2D eigenvalue weighted by Gasteiger charge is -2.23. The average Bonchev–Trinajstić information content (AvgIpc) is 3.27. The van der Waals surface area contributed by atoms with Crippen molar-refractivity contribution in [3.05, 3.63) is 95.3 Å². The first-order valence-corrected chi connectivity index (χ1v) is 12.6. The van der Waals surface area contributed by atoms with Gasteiger partial charge in [0.2, 0.25) is 0 Å². The number of guanidine groups is 1. The van der Waals surface area contributed by atoms with Crippen LogP contribution in [0.5, 0.6) is 0 Å².